The summed E-state index contributed by atoms with van der Waals surface area (Å²) in [5, 5.41) is 9.46. The molecule has 0 spiro atoms. The van der Waals surface area contributed by atoms with E-state index in [0.717, 1.165) is 5.92 Å². The molecule has 102 valence electrons. The molecule has 2 heteroatoms. The molecular weight excluding hydrogens is 224 g/mol. The van der Waals surface area contributed by atoms with E-state index in [0.29, 0.717) is 22.7 Å². The van der Waals surface area contributed by atoms with Crippen molar-refractivity contribution in [3.8, 4) is 0 Å². The standard InChI is InChI=1S/C16H26O2/c1-15(2,3)9-16-6-10-4-11(7-16)13(14(17)18)12(5-10)8-16/h10-13H,4-9H2,1-3H3,(H,17,18). The molecule has 4 bridgehead atoms. The van der Waals surface area contributed by atoms with Gasteiger partial charge in [-0.25, -0.2) is 0 Å². The second-order valence-corrected chi connectivity index (χ2v) is 8.57. The fraction of sp³-hybridized carbons (Fsp3) is 0.938. The Labute approximate surface area is 110 Å². The lowest BCUT2D eigenvalue weighted by molar-refractivity contribution is -0.165. The van der Waals surface area contributed by atoms with Crippen LogP contribution in [0.2, 0.25) is 0 Å². The second kappa shape index (κ2) is 3.74. The van der Waals surface area contributed by atoms with Gasteiger partial charge < -0.3 is 5.11 Å². The summed E-state index contributed by atoms with van der Waals surface area (Å²) in [7, 11) is 0. The van der Waals surface area contributed by atoms with Gasteiger partial charge in [0, 0.05) is 0 Å². The molecule has 2 unspecified atom stereocenters. The van der Waals surface area contributed by atoms with E-state index in [9.17, 15) is 9.90 Å². The zero-order chi connectivity index (χ0) is 13.1. The Hall–Kier alpha value is -0.530. The summed E-state index contributed by atoms with van der Waals surface area (Å²) in [5.74, 6) is 1.26. The molecule has 4 fully saturated rings. The van der Waals surface area contributed by atoms with Crippen LogP contribution >= 0.6 is 0 Å². The van der Waals surface area contributed by atoms with Gasteiger partial charge in [0.05, 0.1) is 5.92 Å². The van der Waals surface area contributed by atoms with Crippen LogP contribution in [0, 0.1) is 34.5 Å². The minimum absolute atomic E-state index is 0.0188. The normalized spacial score (nSPS) is 46.4. The Morgan fingerprint density at radius 2 is 1.72 bits per heavy atom. The number of hydrogen-bond donors (Lipinski definition) is 1. The van der Waals surface area contributed by atoms with Gasteiger partial charge in [-0.3, -0.25) is 4.79 Å². The Bertz CT molecular complexity index is 350. The highest BCUT2D eigenvalue weighted by molar-refractivity contribution is 5.71. The summed E-state index contributed by atoms with van der Waals surface area (Å²) in [6.45, 7) is 7.00. The Morgan fingerprint density at radius 1 is 1.17 bits per heavy atom. The number of aliphatic carboxylic acids is 1. The predicted octanol–water partition coefficient (Wildman–Crippen LogP) is 3.95. The van der Waals surface area contributed by atoms with E-state index >= 15 is 0 Å². The SMILES string of the molecule is CC(C)(C)CC12CC3CC(C1)C(C(=O)O)C(C3)C2. The third-order valence-electron chi connectivity index (χ3n) is 5.59. The van der Waals surface area contributed by atoms with Crippen molar-refractivity contribution in [2.45, 2.75) is 59.3 Å². The molecule has 2 nitrogen and oxygen atoms in total. The third kappa shape index (κ3) is 1.98. The van der Waals surface area contributed by atoms with Crippen molar-refractivity contribution in [3.05, 3.63) is 0 Å². The predicted molar refractivity (Wildman–Crippen MR) is 71.2 cm³/mol. The molecule has 2 atom stereocenters. The van der Waals surface area contributed by atoms with E-state index in [2.05, 4.69) is 20.8 Å². The molecule has 0 aromatic carbocycles. The van der Waals surface area contributed by atoms with Crippen molar-refractivity contribution < 1.29 is 9.90 Å². The van der Waals surface area contributed by atoms with Gasteiger partial charge in [0.25, 0.3) is 0 Å². The Balaban J connectivity index is 1.85. The number of rotatable bonds is 2. The van der Waals surface area contributed by atoms with E-state index in [4.69, 9.17) is 0 Å². The molecule has 0 saturated heterocycles. The molecule has 1 N–H and O–H groups in total. The van der Waals surface area contributed by atoms with Crippen molar-refractivity contribution in [2.24, 2.45) is 34.5 Å². The lowest BCUT2D eigenvalue weighted by atomic mass is 9.44. The van der Waals surface area contributed by atoms with Crippen molar-refractivity contribution in [1.82, 2.24) is 0 Å². The number of hydrogen-bond acceptors (Lipinski definition) is 1. The van der Waals surface area contributed by atoms with Crippen LogP contribution in [0.4, 0.5) is 0 Å². The van der Waals surface area contributed by atoms with Gasteiger partial charge in [-0.15, -0.1) is 0 Å². The Morgan fingerprint density at radius 3 is 2.17 bits per heavy atom. The molecular formula is C16H26O2. The number of carboxylic acid groups (broad SMARTS) is 1. The van der Waals surface area contributed by atoms with Crippen molar-refractivity contribution in [1.29, 1.82) is 0 Å². The molecule has 4 aliphatic rings. The number of carboxylic acids is 1. The largest absolute Gasteiger partial charge is 0.481 e. The van der Waals surface area contributed by atoms with Crippen molar-refractivity contribution >= 4 is 5.97 Å². The zero-order valence-electron chi connectivity index (χ0n) is 11.9. The molecule has 0 aromatic rings. The maximum atomic E-state index is 11.5. The van der Waals surface area contributed by atoms with Crippen LogP contribution in [-0.2, 0) is 4.79 Å². The molecule has 18 heavy (non-hydrogen) atoms. The summed E-state index contributed by atoms with van der Waals surface area (Å²) < 4.78 is 0. The second-order valence-electron chi connectivity index (χ2n) is 8.57. The van der Waals surface area contributed by atoms with Crippen LogP contribution in [0.5, 0.6) is 0 Å². The van der Waals surface area contributed by atoms with Crippen LogP contribution < -0.4 is 0 Å². The quantitative estimate of drug-likeness (QED) is 0.805. The van der Waals surface area contributed by atoms with E-state index < -0.39 is 5.97 Å². The Kier molecular flexibility index (Phi) is 2.60. The molecule has 4 saturated carbocycles. The van der Waals surface area contributed by atoms with E-state index in [1.54, 1.807) is 0 Å². The van der Waals surface area contributed by atoms with Gasteiger partial charge in [-0.05, 0) is 67.1 Å². The van der Waals surface area contributed by atoms with Crippen LogP contribution in [0.15, 0.2) is 0 Å². The fourth-order valence-electron chi connectivity index (χ4n) is 5.94. The molecule has 0 aromatic heterocycles. The van der Waals surface area contributed by atoms with Gasteiger partial charge in [-0.1, -0.05) is 20.8 Å². The van der Waals surface area contributed by atoms with Gasteiger partial charge in [0.1, 0.15) is 0 Å². The zero-order valence-corrected chi connectivity index (χ0v) is 11.9. The molecule has 4 rings (SSSR count). The van der Waals surface area contributed by atoms with Gasteiger partial charge >= 0.3 is 5.97 Å². The highest BCUT2D eigenvalue weighted by Gasteiger charge is 2.57. The highest BCUT2D eigenvalue weighted by atomic mass is 16.4. The maximum absolute atomic E-state index is 11.5. The van der Waals surface area contributed by atoms with Crippen LogP contribution in [-0.4, -0.2) is 11.1 Å². The molecule has 0 radical (unpaired) electrons. The molecule has 4 aliphatic carbocycles. The van der Waals surface area contributed by atoms with Crippen LogP contribution in [0.25, 0.3) is 0 Å². The van der Waals surface area contributed by atoms with Crippen molar-refractivity contribution in [3.63, 3.8) is 0 Å². The first kappa shape index (κ1) is 12.5. The fourth-order valence-corrected chi connectivity index (χ4v) is 5.94. The smallest absolute Gasteiger partial charge is 0.307 e. The molecule has 0 aliphatic heterocycles. The van der Waals surface area contributed by atoms with E-state index in [-0.39, 0.29) is 5.92 Å². The first-order chi connectivity index (χ1) is 8.28. The first-order valence-corrected chi connectivity index (χ1v) is 7.51. The van der Waals surface area contributed by atoms with E-state index in [1.165, 1.54) is 38.5 Å². The average Bonchev–Trinajstić information content (AvgIpc) is 2.09. The van der Waals surface area contributed by atoms with Gasteiger partial charge in [0.15, 0.2) is 0 Å². The van der Waals surface area contributed by atoms with Crippen molar-refractivity contribution in [2.75, 3.05) is 0 Å². The highest BCUT2D eigenvalue weighted by Crippen LogP contribution is 2.64. The number of carbonyl (C=O) groups is 1. The van der Waals surface area contributed by atoms with Crippen LogP contribution in [0.1, 0.15) is 59.3 Å². The van der Waals surface area contributed by atoms with Gasteiger partial charge in [-0.2, -0.15) is 0 Å². The monoisotopic (exact) mass is 250 g/mol. The minimum Gasteiger partial charge on any atom is -0.481 e. The van der Waals surface area contributed by atoms with E-state index in [1.807, 2.05) is 0 Å². The third-order valence-corrected chi connectivity index (χ3v) is 5.59. The average molecular weight is 250 g/mol. The lowest BCUT2D eigenvalue weighted by Crippen LogP contribution is -2.53. The summed E-state index contributed by atoms with van der Waals surface area (Å²) >= 11 is 0. The summed E-state index contributed by atoms with van der Waals surface area (Å²) in [5.41, 5.74) is 0.866. The van der Waals surface area contributed by atoms with Gasteiger partial charge in [0.2, 0.25) is 0 Å². The van der Waals surface area contributed by atoms with Crippen LogP contribution in [0.3, 0.4) is 0 Å². The molecule has 0 amide bonds. The summed E-state index contributed by atoms with van der Waals surface area (Å²) in [6.07, 6.45) is 7.43. The summed E-state index contributed by atoms with van der Waals surface area (Å²) in [6, 6.07) is 0. The lowest BCUT2D eigenvalue weighted by Gasteiger charge is -2.60. The molecule has 0 heterocycles. The minimum atomic E-state index is -0.519. The summed E-state index contributed by atoms with van der Waals surface area (Å²) in [4.78, 5) is 11.5. The maximum Gasteiger partial charge on any atom is 0.307 e. The topological polar surface area (TPSA) is 37.3 Å². The first-order valence-electron chi connectivity index (χ1n) is 7.51.